The van der Waals surface area contributed by atoms with Crippen molar-refractivity contribution in [3.05, 3.63) is 17.5 Å². The van der Waals surface area contributed by atoms with E-state index in [-0.39, 0.29) is 23.3 Å². The number of likely N-dealkylation sites (tertiary alicyclic amines) is 1. The molecule has 25 heavy (non-hydrogen) atoms. The molecule has 3 heterocycles. The van der Waals surface area contributed by atoms with Crippen LogP contribution in [0.25, 0.3) is 0 Å². The highest BCUT2D eigenvalue weighted by Gasteiger charge is 2.51. The Morgan fingerprint density at radius 2 is 2.12 bits per heavy atom. The van der Waals surface area contributed by atoms with E-state index in [0.29, 0.717) is 37.7 Å². The number of carbonyl (C=O) groups is 2. The fourth-order valence-corrected chi connectivity index (χ4v) is 3.82. The van der Waals surface area contributed by atoms with E-state index in [4.69, 9.17) is 4.74 Å². The van der Waals surface area contributed by atoms with Crippen molar-refractivity contribution in [2.75, 3.05) is 26.2 Å². The van der Waals surface area contributed by atoms with Crippen molar-refractivity contribution in [2.45, 2.75) is 38.2 Å². The highest BCUT2D eigenvalue weighted by atomic mass is 16.5. The molecule has 7 heteroatoms. The summed E-state index contributed by atoms with van der Waals surface area (Å²) < 4.78 is 7.69. The molecule has 1 aromatic heterocycles. The second-order valence-corrected chi connectivity index (χ2v) is 7.97. The van der Waals surface area contributed by atoms with Gasteiger partial charge in [0.2, 0.25) is 5.91 Å². The van der Waals surface area contributed by atoms with E-state index in [1.54, 1.807) is 9.58 Å². The number of nitrogens with zero attached hydrogens (tertiary/aromatic N) is 3. The van der Waals surface area contributed by atoms with E-state index in [2.05, 4.69) is 10.4 Å². The molecule has 1 saturated carbocycles. The maximum Gasteiger partial charge on any atom is 0.274 e. The summed E-state index contributed by atoms with van der Waals surface area (Å²) in [4.78, 5) is 26.3. The summed E-state index contributed by atoms with van der Waals surface area (Å²) in [6.45, 7) is 4.56. The lowest BCUT2D eigenvalue weighted by molar-refractivity contribution is -0.122. The topological polar surface area (TPSA) is 76.5 Å². The monoisotopic (exact) mass is 346 g/mol. The van der Waals surface area contributed by atoms with Gasteiger partial charge in [-0.25, -0.2) is 0 Å². The van der Waals surface area contributed by atoms with Gasteiger partial charge in [-0.2, -0.15) is 5.10 Å². The summed E-state index contributed by atoms with van der Waals surface area (Å²) in [5, 5.41) is 7.28. The first-order valence-corrected chi connectivity index (χ1v) is 9.15. The van der Waals surface area contributed by atoms with Crippen LogP contribution in [-0.4, -0.2) is 58.3 Å². The molecule has 1 N–H and O–H groups in total. The molecule has 2 amide bonds. The maximum absolute atomic E-state index is 12.5. The Kier molecular flexibility index (Phi) is 4.06. The van der Waals surface area contributed by atoms with Gasteiger partial charge in [0, 0.05) is 25.7 Å². The lowest BCUT2D eigenvalue weighted by Gasteiger charge is -2.46. The van der Waals surface area contributed by atoms with Crippen LogP contribution < -0.4 is 5.32 Å². The summed E-state index contributed by atoms with van der Waals surface area (Å²) >= 11 is 0. The van der Waals surface area contributed by atoms with Crippen molar-refractivity contribution in [3.63, 3.8) is 0 Å². The predicted molar refractivity (Wildman–Crippen MR) is 91.0 cm³/mol. The molecule has 2 aliphatic heterocycles. The van der Waals surface area contributed by atoms with Gasteiger partial charge in [0.15, 0.2) is 5.69 Å². The molecular formula is C18H26N4O3. The zero-order valence-electron chi connectivity index (χ0n) is 15.0. The second kappa shape index (κ2) is 6.12. The molecule has 0 aromatic carbocycles. The number of aromatic nitrogens is 2. The van der Waals surface area contributed by atoms with Crippen LogP contribution in [0.3, 0.4) is 0 Å². The largest absolute Gasteiger partial charge is 0.371 e. The molecule has 1 aliphatic carbocycles. The maximum atomic E-state index is 12.5. The minimum atomic E-state index is -0.249. The van der Waals surface area contributed by atoms with Crippen LogP contribution in [-0.2, 0) is 16.6 Å². The average molecular weight is 346 g/mol. The highest BCUT2D eigenvalue weighted by molar-refractivity contribution is 5.93. The Hall–Kier alpha value is -1.89. The Morgan fingerprint density at radius 1 is 1.36 bits per heavy atom. The Morgan fingerprint density at radius 3 is 2.76 bits per heavy atom. The van der Waals surface area contributed by atoms with Gasteiger partial charge in [0.1, 0.15) is 5.60 Å². The van der Waals surface area contributed by atoms with E-state index in [9.17, 15) is 9.59 Å². The van der Waals surface area contributed by atoms with Gasteiger partial charge in [0.05, 0.1) is 19.7 Å². The molecule has 1 spiro atoms. The van der Waals surface area contributed by atoms with Gasteiger partial charge in [-0.1, -0.05) is 0 Å². The van der Waals surface area contributed by atoms with Crippen molar-refractivity contribution >= 4 is 11.8 Å². The number of amides is 2. The van der Waals surface area contributed by atoms with Crippen LogP contribution in [0.2, 0.25) is 0 Å². The Bertz CT molecular complexity index is 669. The fourth-order valence-electron chi connectivity index (χ4n) is 3.82. The second-order valence-electron chi connectivity index (χ2n) is 7.97. The van der Waals surface area contributed by atoms with Crippen molar-refractivity contribution in [2.24, 2.45) is 18.9 Å². The normalized spacial score (nSPS) is 24.4. The number of hydrogen-bond donors (Lipinski definition) is 1. The zero-order chi connectivity index (χ0) is 17.6. The minimum Gasteiger partial charge on any atom is -0.371 e. The quantitative estimate of drug-likeness (QED) is 0.858. The SMILES string of the molecule is Cc1cc(C(=O)N2CC3(CC(CC(=O)NCC4CC4)CO3)C2)nn1C. The standard InChI is InChI=1S/C18H26N4O3/c1-12-5-15(20-21(12)2)17(24)22-10-18(11-22)7-14(9-25-18)6-16(23)19-8-13-3-4-13/h5,13-14H,3-4,6-11H2,1-2H3,(H,19,23). The van der Waals surface area contributed by atoms with E-state index >= 15 is 0 Å². The van der Waals surface area contributed by atoms with Crippen molar-refractivity contribution in [1.29, 1.82) is 0 Å². The number of nitrogens with one attached hydrogen (secondary N) is 1. The summed E-state index contributed by atoms with van der Waals surface area (Å²) in [7, 11) is 1.84. The molecule has 1 aromatic rings. The first-order valence-electron chi connectivity index (χ1n) is 9.15. The first kappa shape index (κ1) is 16.6. The Labute approximate surface area is 147 Å². The number of ether oxygens (including phenoxy) is 1. The average Bonchev–Trinajstić information content (AvgIpc) is 3.19. The van der Waals surface area contributed by atoms with E-state index < -0.39 is 0 Å². The molecule has 1 atom stereocenters. The minimum absolute atomic E-state index is 0.0384. The smallest absolute Gasteiger partial charge is 0.274 e. The molecule has 4 rings (SSSR count). The summed E-state index contributed by atoms with van der Waals surface area (Å²) in [6, 6.07) is 1.82. The van der Waals surface area contributed by atoms with E-state index in [1.807, 2.05) is 20.0 Å². The van der Waals surface area contributed by atoms with Crippen molar-refractivity contribution < 1.29 is 14.3 Å². The lowest BCUT2D eigenvalue weighted by atomic mass is 9.85. The van der Waals surface area contributed by atoms with Gasteiger partial charge >= 0.3 is 0 Å². The molecule has 0 radical (unpaired) electrons. The van der Waals surface area contributed by atoms with Gasteiger partial charge < -0.3 is 15.0 Å². The molecule has 1 unspecified atom stereocenters. The van der Waals surface area contributed by atoms with E-state index in [0.717, 1.165) is 18.7 Å². The molecular weight excluding hydrogens is 320 g/mol. The lowest BCUT2D eigenvalue weighted by Crippen LogP contribution is -2.63. The summed E-state index contributed by atoms with van der Waals surface area (Å²) in [5.41, 5.74) is 1.21. The van der Waals surface area contributed by atoms with Crippen LogP contribution in [0, 0.1) is 18.8 Å². The number of hydrogen-bond acceptors (Lipinski definition) is 4. The fraction of sp³-hybridized carbons (Fsp3) is 0.722. The van der Waals surface area contributed by atoms with Crippen molar-refractivity contribution in [3.8, 4) is 0 Å². The zero-order valence-corrected chi connectivity index (χ0v) is 15.0. The van der Waals surface area contributed by atoms with Gasteiger partial charge in [0.25, 0.3) is 5.91 Å². The van der Waals surface area contributed by atoms with Crippen molar-refractivity contribution in [1.82, 2.24) is 20.0 Å². The van der Waals surface area contributed by atoms with Crippen LogP contribution >= 0.6 is 0 Å². The molecule has 2 saturated heterocycles. The van der Waals surface area contributed by atoms with Crippen LogP contribution in [0.5, 0.6) is 0 Å². The van der Waals surface area contributed by atoms with Gasteiger partial charge in [-0.15, -0.1) is 0 Å². The number of carbonyl (C=O) groups excluding carboxylic acids is 2. The predicted octanol–water partition coefficient (Wildman–Crippen LogP) is 0.876. The summed E-state index contributed by atoms with van der Waals surface area (Å²) in [5.74, 6) is 1.06. The van der Waals surface area contributed by atoms with Crippen LogP contribution in [0.4, 0.5) is 0 Å². The molecule has 3 aliphatic rings. The Balaban J connectivity index is 1.25. The molecule has 0 bridgehead atoms. The van der Waals surface area contributed by atoms with E-state index in [1.165, 1.54) is 12.8 Å². The van der Waals surface area contributed by atoms with Gasteiger partial charge in [-0.3, -0.25) is 14.3 Å². The van der Waals surface area contributed by atoms with Gasteiger partial charge in [-0.05, 0) is 44.1 Å². The summed E-state index contributed by atoms with van der Waals surface area (Å²) in [6.07, 6.45) is 3.88. The van der Waals surface area contributed by atoms with Crippen LogP contribution in [0.1, 0.15) is 41.9 Å². The molecule has 3 fully saturated rings. The van der Waals surface area contributed by atoms with Crippen LogP contribution in [0.15, 0.2) is 6.07 Å². The highest BCUT2D eigenvalue weighted by Crippen LogP contribution is 2.39. The third-order valence-electron chi connectivity index (χ3n) is 5.62. The molecule has 7 nitrogen and oxygen atoms in total. The third-order valence-corrected chi connectivity index (χ3v) is 5.62. The number of rotatable bonds is 5. The molecule has 136 valence electrons. The number of aryl methyl sites for hydroxylation is 2. The third kappa shape index (κ3) is 3.42. The first-order chi connectivity index (χ1) is 11.9.